The molecule has 2 fully saturated rings. The second-order valence-electron chi connectivity index (χ2n) is 5.58. The molecule has 1 N–H and O–H groups in total. The van der Waals surface area contributed by atoms with Gasteiger partial charge in [0.1, 0.15) is 6.17 Å². The summed E-state index contributed by atoms with van der Waals surface area (Å²) in [5.41, 5.74) is 0. The quantitative estimate of drug-likeness (QED) is 0.928. The van der Waals surface area contributed by atoms with Crippen molar-refractivity contribution in [1.82, 2.24) is 10.2 Å². The number of thiophene rings is 1. The van der Waals surface area contributed by atoms with Crippen LogP contribution in [0.15, 0.2) is 17.5 Å². The molecule has 1 amide bonds. The van der Waals surface area contributed by atoms with Crippen molar-refractivity contribution in [2.45, 2.75) is 57.5 Å². The van der Waals surface area contributed by atoms with E-state index in [2.05, 4.69) is 30.6 Å². The first-order chi connectivity index (χ1) is 9.72. The van der Waals surface area contributed by atoms with E-state index in [1.54, 1.807) is 11.3 Å². The van der Waals surface area contributed by atoms with Crippen molar-refractivity contribution in [3.05, 3.63) is 22.4 Å². The summed E-state index contributed by atoms with van der Waals surface area (Å²) in [6.07, 6.45) is 3.17. The highest BCUT2D eigenvalue weighted by Crippen LogP contribution is 2.33. The first-order valence-electron chi connectivity index (χ1n) is 7.45. The minimum atomic E-state index is -0.0639. The average molecular weight is 294 g/mol. The molecule has 2 aliphatic rings. The van der Waals surface area contributed by atoms with Crippen molar-refractivity contribution in [3.63, 3.8) is 0 Å². The third-order valence-corrected chi connectivity index (χ3v) is 5.28. The van der Waals surface area contributed by atoms with Crippen LogP contribution in [0.4, 0.5) is 0 Å². The first-order valence-corrected chi connectivity index (χ1v) is 8.33. The third-order valence-electron chi connectivity index (χ3n) is 4.35. The lowest BCUT2D eigenvalue weighted by Crippen LogP contribution is -2.44. The van der Waals surface area contributed by atoms with Gasteiger partial charge < -0.3 is 9.64 Å². The lowest BCUT2D eigenvalue weighted by molar-refractivity contribution is -0.134. The SMILES string of the molecule is CCC1NC(c2cccs2)N(C(C)C2CCCO2)C1=O. The van der Waals surface area contributed by atoms with Gasteiger partial charge >= 0.3 is 0 Å². The molecular formula is C15H22N2O2S. The number of hydrogen-bond acceptors (Lipinski definition) is 4. The summed E-state index contributed by atoms with van der Waals surface area (Å²) in [4.78, 5) is 15.9. The maximum absolute atomic E-state index is 12.7. The van der Waals surface area contributed by atoms with Crippen LogP contribution in [0.3, 0.4) is 0 Å². The van der Waals surface area contributed by atoms with E-state index in [0.29, 0.717) is 0 Å². The Kier molecular flexibility index (Phi) is 4.10. The van der Waals surface area contributed by atoms with Gasteiger partial charge in [0.05, 0.1) is 18.2 Å². The summed E-state index contributed by atoms with van der Waals surface area (Å²) in [6, 6.07) is 4.20. The monoisotopic (exact) mass is 294 g/mol. The molecule has 0 bridgehead atoms. The molecule has 110 valence electrons. The fraction of sp³-hybridized carbons (Fsp3) is 0.667. The van der Waals surface area contributed by atoms with Crippen LogP contribution in [0, 0.1) is 0 Å². The maximum Gasteiger partial charge on any atom is 0.241 e. The number of nitrogens with one attached hydrogen (secondary N) is 1. The highest BCUT2D eigenvalue weighted by atomic mass is 32.1. The van der Waals surface area contributed by atoms with Crippen molar-refractivity contribution < 1.29 is 9.53 Å². The number of hydrogen-bond donors (Lipinski definition) is 1. The molecule has 4 atom stereocenters. The molecule has 0 radical (unpaired) electrons. The van der Waals surface area contributed by atoms with Crippen molar-refractivity contribution in [2.75, 3.05) is 6.61 Å². The number of carbonyl (C=O) groups is 1. The molecule has 2 aliphatic heterocycles. The summed E-state index contributed by atoms with van der Waals surface area (Å²) in [5.74, 6) is 0.217. The first kappa shape index (κ1) is 14.0. The zero-order chi connectivity index (χ0) is 14.1. The van der Waals surface area contributed by atoms with Gasteiger partial charge in [-0.25, -0.2) is 0 Å². The number of ether oxygens (including phenoxy) is 1. The van der Waals surface area contributed by atoms with Gasteiger partial charge in [-0.1, -0.05) is 13.0 Å². The summed E-state index contributed by atoms with van der Waals surface area (Å²) in [5, 5.41) is 5.54. The van der Waals surface area contributed by atoms with Gasteiger partial charge in [-0.3, -0.25) is 10.1 Å². The lowest BCUT2D eigenvalue weighted by Gasteiger charge is -2.33. The summed E-state index contributed by atoms with van der Waals surface area (Å²) in [6.45, 7) is 5.00. The van der Waals surface area contributed by atoms with E-state index >= 15 is 0 Å². The Labute approximate surface area is 124 Å². The lowest BCUT2D eigenvalue weighted by atomic mass is 10.1. The summed E-state index contributed by atoms with van der Waals surface area (Å²) >= 11 is 1.70. The van der Waals surface area contributed by atoms with Gasteiger partial charge in [0, 0.05) is 11.5 Å². The molecule has 5 heteroatoms. The van der Waals surface area contributed by atoms with Crippen molar-refractivity contribution in [2.24, 2.45) is 0 Å². The number of amides is 1. The minimum absolute atomic E-state index is 0.00616. The van der Waals surface area contributed by atoms with E-state index in [1.807, 2.05) is 11.0 Å². The van der Waals surface area contributed by atoms with Gasteiger partial charge in [0.2, 0.25) is 5.91 Å². The van der Waals surface area contributed by atoms with Gasteiger partial charge in [-0.05, 0) is 37.6 Å². The zero-order valence-electron chi connectivity index (χ0n) is 12.0. The van der Waals surface area contributed by atoms with E-state index in [9.17, 15) is 4.79 Å². The molecule has 0 spiro atoms. The van der Waals surface area contributed by atoms with Gasteiger partial charge in [0.15, 0.2) is 0 Å². The highest BCUT2D eigenvalue weighted by Gasteiger charge is 2.44. The molecule has 0 saturated carbocycles. The van der Waals surface area contributed by atoms with Gasteiger partial charge in [-0.15, -0.1) is 11.3 Å². The van der Waals surface area contributed by atoms with Crippen LogP contribution in [0.25, 0.3) is 0 Å². The van der Waals surface area contributed by atoms with Crippen LogP contribution in [0.5, 0.6) is 0 Å². The molecule has 1 aromatic heterocycles. The Balaban J connectivity index is 1.85. The zero-order valence-corrected chi connectivity index (χ0v) is 12.9. The standard InChI is InChI=1S/C15H22N2O2S/c1-3-11-15(18)17(10(2)12-6-4-8-19-12)14(16-11)13-7-5-9-20-13/h5,7,9-12,14,16H,3-4,6,8H2,1-2H3. The van der Waals surface area contributed by atoms with Gasteiger partial charge in [-0.2, -0.15) is 0 Å². The molecule has 20 heavy (non-hydrogen) atoms. The van der Waals surface area contributed by atoms with Crippen LogP contribution in [0.2, 0.25) is 0 Å². The average Bonchev–Trinajstić information content (AvgIpc) is 3.19. The Morgan fingerprint density at radius 2 is 2.45 bits per heavy atom. The molecule has 4 unspecified atom stereocenters. The van der Waals surface area contributed by atoms with Crippen LogP contribution in [0.1, 0.15) is 44.2 Å². The fourth-order valence-corrected chi connectivity index (χ4v) is 3.99. The van der Waals surface area contributed by atoms with Crippen LogP contribution in [-0.4, -0.2) is 35.6 Å². The van der Waals surface area contributed by atoms with E-state index in [0.717, 1.165) is 25.9 Å². The smallest absolute Gasteiger partial charge is 0.241 e. The second kappa shape index (κ2) is 5.84. The van der Waals surface area contributed by atoms with E-state index in [-0.39, 0.29) is 30.3 Å². The number of rotatable bonds is 4. The maximum atomic E-state index is 12.7. The predicted molar refractivity (Wildman–Crippen MR) is 79.6 cm³/mol. The Hall–Kier alpha value is -0.910. The molecule has 4 nitrogen and oxygen atoms in total. The van der Waals surface area contributed by atoms with Crippen LogP contribution < -0.4 is 5.32 Å². The van der Waals surface area contributed by atoms with Crippen molar-refractivity contribution in [3.8, 4) is 0 Å². The van der Waals surface area contributed by atoms with Crippen molar-refractivity contribution in [1.29, 1.82) is 0 Å². The van der Waals surface area contributed by atoms with Crippen molar-refractivity contribution >= 4 is 17.2 Å². The molecule has 0 aliphatic carbocycles. The Morgan fingerprint density at radius 1 is 1.60 bits per heavy atom. The van der Waals surface area contributed by atoms with Gasteiger partial charge in [0.25, 0.3) is 0 Å². The minimum Gasteiger partial charge on any atom is -0.376 e. The van der Waals surface area contributed by atoms with Crippen LogP contribution >= 0.6 is 11.3 Å². The molecule has 3 rings (SSSR count). The molecular weight excluding hydrogens is 272 g/mol. The normalized spacial score (nSPS) is 32.0. The molecule has 0 aromatic carbocycles. The van der Waals surface area contributed by atoms with E-state index in [4.69, 9.17) is 4.74 Å². The molecule has 3 heterocycles. The second-order valence-corrected chi connectivity index (χ2v) is 6.56. The largest absolute Gasteiger partial charge is 0.376 e. The topological polar surface area (TPSA) is 41.6 Å². The number of carbonyl (C=O) groups excluding carboxylic acids is 1. The molecule has 2 saturated heterocycles. The predicted octanol–water partition coefficient (Wildman–Crippen LogP) is 2.52. The fourth-order valence-electron chi connectivity index (χ4n) is 3.21. The molecule has 1 aromatic rings. The van der Waals surface area contributed by atoms with E-state index in [1.165, 1.54) is 4.88 Å². The highest BCUT2D eigenvalue weighted by molar-refractivity contribution is 7.10. The number of nitrogens with zero attached hydrogens (tertiary/aromatic N) is 1. The summed E-state index contributed by atoms with van der Waals surface area (Å²) in [7, 11) is 0. The van der Waals surface area contributed by atoms with Crippen LogP contribution in [-0.2, 0) is 9.53 Å². The Morgan fingerprint density at radius 3 is 3.05 bits per heavy atom. The van der Waals surface area contributed by atoms with E-state index < -0.39 is 0 Å². The Bertz CT molecular complexity index is 456. The summed E-state index contributed by atoms with van der Waals surface area (Å²) < 4.78 is 5.79. The third kappa shape index (κ3) is 2.38.